The van der Waals surface area contributed by atoms with Crippen LogP contribution in [0.4, 0.5) is 4.39 Å². The van der Waals surface area contributed by atoms with Gasteiger partial charge in [0, 0.05) is 4.47 Å². The molecule has 1 aromatic carbocycles. The van der Waals surface area contributed by atoms with E-state index in [1.54, 1.807) is 6.07 Å². The predicted molar refractivity (Wildman–Crippen MR) is 52.6 cm³/mol. The average Bonchev–Trinajstić information content (AvgIpc) is 2.83. The van der Waals surface area contributed by atoms with Gasteiger partial charge in [-0.3, -0.25) is 4.79 Å². The number of carbonyl (C=O) groups is 1. The van der Waals surface area contributed by atoms with E-state index in [9.17, 15) is 9.18 Å². The molecule has 2 atom stereocenters. The summed E-state index contributed by atoms with van der Waals surface area (Å²) in [7, 11) is 0. The summed E-state index contributed by atoms with van der Waals surface area (Å²) in [5.41, 5.74) is 0.888. The van der Waals surface area contributed by atoms with Crippen LogP contribution in [0, 0.1) is 11.7 Å². The highest BCUT2D eigenvalue weighted by Crippen LogP contribution is 2.49. The Labute approximate surface area is 88.9 Å². The largest absolute Gasteiger partial charge is 0.481 e. The van der Waals surface area contributed by atoms with Crippen LogP contribution >= 0.6 is 15.9 Å². The van der Waals surface area contributed by atoms with Gasteiger partial charge in [0.15, 0.2) is 0 Å². The summed E-state index contributed by atoms with van der Waals surface area (Å²) in [6.07, 6.45) is 0.652. The van der Waals surface area contributed by atoms with Crippen LogP contribution < -0.4 is 0 Å². The molecule has 0 aromatic heterocycles. The molecule has 1 saturated carbocycles. The monoisotopic (exact) mass is 258 g/mol. The predicted octanol–water partition coefficient (Wildman–Crippen LogP) is 2.78. The number of hydrogen-bond donors (Lipinski definition) is 1. The molecule has 1 aliphatic rings. The van der Waals surface area contributed by atoms with Crippen molar-refractivity contribution in [2.75, 3.05) is 0 Å². The Morgan fingerprint density at radius 2 is 2.29 bits per heavy atom. The molecule has 2 nitrogen and oxygen atoms in total. The third-order valence-electron chi connectivity index (χ3n) is 2.47. The first-order valence-corrected chi connectivity index (χ1v) is 5.06. The number of carboxylic acid groups (broad SMARTS) is 1. The zero-order chi connectivity index (χ0) is 10.3. The standard InChI is InChI=1S/C10H8BrFO2/c11-9-3-5(12)1-2-6(9)7-4-8(7)10(13)14/h1-3,7-8H,4H2,(H,13,14)/t7-,8+/m0/s1. The zero-order valence-electron chi connectivity index (χ0n) is 7.21. The molecule has 0 spiro atoms. The smallest absolute Gasteiger partial charge is 0.307 e. The normalized spacial score (nSPS) is 24.7. The van der Waals surface area contributed by atoms with E-state index in [0.29, 0.717) is 10.9 Å². The van der Waals surface area contributed by atoms with Crippen LogP contribution in [-0.2, 0) is 4.79 Å². The second kappa shape index (κ2) is 3.35. The summed E-state index contributed by atoms with van der Waals surface area (Å²) >= 11 is 3.23. The van der Waals surface area contributed by atoms with Gasteiger partial charge in [-0.2, -0.15) is 0 Å². The highest BCUT2D eigenvalue weighted by molar-refractivity contribution is 9.10. The first-order valence-electron chi connectivity index (χ1n) is 4.27. The number of benzene rings is 1. The maximum Gasteiger partial charge on any atom is 0.307 e. The van der Waals surface area contributed by atoms with Gasteiger partial charge >= 0.3 is 5.97 Å². The minimum absolute atomic E-state index is 0.0440. The number of aliphatic carboxylic acids is 1. The van der Waals surface area contributed by atoms with Crippen molar-refractivity contribution in [3.63, 3.8) is 0 Å². The zero-order valence-corrected chi connectivity index (χ0v) is 8.79. The fourth-order valence-corrected chi connectivity index (χ4v) is 2.26. The minimum Gasteiger partial charge on any atom is -0.481 e. The van der Waals surface area contributed by atoms with Crippen molar-refractivity contribution < 1.29 is 14.3 Å². The molecular formula is C10H8BrFO2. The Morgan fingerprint density at radius 3 is 2.79 bits per heavy atom. The van der Waals surface area contributed by atoms with Crippen LogP contribution in [0.5, 0.6) is 0 Å². The van der Waals surface area contributed by atoms with Crippen LogP contribution in [0.25, 0.3) is 0 Å². The Bertz CT molecular complexity index is 392. The third-order valence-corrected chi connectivity index (χ3v) is 3.16. The lowest BCUT2D eigenvalue weighted by molar-refractivity contribution is -0.138. The molecule has 0 amide bonds. The van der Waals surface area contributed by atoms with Gasteiger partial charge in [-0.05, 0) is 30.0 Å². The third kappa shape index (κ3) is 1.66. The van der Waals surface area contributed by atoms with E-state index < -0.39 is 5.97 Å². The molecule has 4 heteroatoms. The molecule has 74 valence electrons. The molecule has 1 fully saturated rings. The molecule has 0 unspecified atom stereocenters. The van der Waals surface area contributed by atoms with Crippen LogP contribution in [0.2, 0.25) is 0 Å². The molecule has 1 N–H and O–H groups in total. The molecule has 2 rings (SSSR count). The summed E-state index contributed by atoms with van der Waals surface area (Å²) < 4.78 is 13.4. The lowest BCUT2D eigenvalue weighted by atomic mass is 10.1. The molecule has 0 heterocycles. The SMILES string of the molecule is O=C(O)[C@@H]1C[C@H]1c1ccc(F)cc1Br. The van der Waals surface area contributed by atoms with E-state index in [0.717, 1.165) is 5.56 Å². The fraction of sp³-hybridized carbons (Fsp3) is 0.300. The summed E-state index contributed by atoms with van der Waals surface area (Å²) in [6.45, 7) is 0. The maximum absolute atomic E-state index is 12.7. The lowest BCUT2D eigenvalue weighted by Gasteiger charge is -2.02. The molecule has 1 aliphatic carbocycles. The van der Waals surface area contributed by atoms with Crippen molar-refractivity contribution in [3.8, 4) is 0 Å². The Hall–Kier alpha value is -0.900. The van der Waals surface area contributed by atoms with Crippen molar-refractivity contribution in [2.45, 2.75) is 12.3 Å². The van der Waals surface area contributed by atoms with Crippen molar-refractivity contribution in [1.29, 1.82) is 0 Å². The second-order valence-electron chi connectivity index (χ2n) is 3.45. The van der Waals surface area contributed by atoms with Gasteiger partial charge in [0.2, 0.25) is 0 Å². The number of carboxylic acids is 1. The molecule has 0 bridgehead atoms. The van der Waals surface area contributed by atoms with Gasteiger partial charge < -0.3 is 5.11 Å². The number of rotatable bonds is 2. The van der Waals surface area contributed by atoms with Gasteiger partial charge in [-0.15, -0.1) is 0 Å². The maximum atomic E-state index is 12.7. The summed E-state index contributed by atoms with van der Waals surface area (Å²) in [5.74, 6) is -1.33. The van der Waals surface area contributed by atoms with E-state index >= 15 is 0 Å². The van der Waals surface area contributed by atoms with Gasteiger partial charge in [-0.25, -0.2) is 4.39 Å². The first-order chi connectivity index (χ1) is 6.59. The molecule has 0 aliphatic heterocycles. The van der Waals surface area contributed by atoms with Gasteiger partial charge in [-0.1, -0.05) is 22.0 Å². The van der Waals surface area contributed by atoms with Crippen LogP contribution in [0.1, 0.15) is 17.9 Å². The quantitative estimate of drug-likeness (QED) is 0.886. The van der Waals surface area contributed by atoms with Crippen LogP contribution in [0.15, 0.2) is 22.7 Å². The highest BCUT2D eigenvalue weighted by atomic mass is 79.9. The molecule has 0 radical (unpaired) electrons. The molecule has 14 heavy (non-hydrogen) atoms. The lowest BCUT2D eigenvalue weighted by Crippen LogP contribution is -1.99. The Balaban J connectivity index is 2.23. The van der Waals surface area contributed by atoms with E-state index in [1.807, 2.05) is 0 Å². The van der Waals surface area contributed by atoms with E-state index in [-0.39, 0.29) is 17.7 Å². The van der Waals surface area contributed by atoms with Crippen molar-refractivity contribution in [2.24, 2.45) is 5.92 Å². The first kappa shape index (κ1) is 9.65. The number of hydrogen-bond acceptors (Lipinski definition) is 1. The van der Waals surface area contributed by atoms with Crippen molar-refractivity contribution >= 4 is 21.9 Å². The van der Waals surface area contributed by atoms with Crippen molar-refractivity contribution in [3.05, 3.63) is 34.1 Å². The molecular weight excluding hydrogens is 251 g/mol. The number of halogens is 2. The second-order valence-corrected chi connectivity index (χ2v) is 4.31. The van der Waals surface area contributed by atoms with Crippen LogP contribution in [-0.4, -0.2) is 11.1 Å². The van der Waals surface area contributed by atoms with Gasteiger partial charge in [0.05, 0.1) is 5.92 Å². The topological polar surface area (TPSA) is 37.3 Å². The Morgan fingerprint density at radius 1 is 1.57 bits per heavy atom. The Kier molecular flexibility index (Phi) is 2.31. The van der Waals surface area contributed by atoms with Crippen molar-refractivity contribution in [1.82, 2.24) is 0 Å². The van der Waals surface area contributed by atoms with Gasteiger partial charge in [0.25, 0.3) is 0 Å². The van der Waals surface area contributed by atoms with Crippen LogP contribution in [0.3, 0.4) is 0 Å². The summed E-state index contributed by atoms with van der Waals surface area (Å²) in [6, 6.07) is 4.37. The minimum atomic E-state index is -0.772. The van der Waals surface area contributed by atoms with E-state index in [2.05, 4.69) is 15.9 Å². The van der Waals surface area contributed by atoms with Gasteiger partial charge in [0.1, 0.15) is 5.82 Å². The molecule has 0 saturated heterocycles. The average molecular weight is 259 g/mol. The summed E-state index contributed by atoms with van der Waals surface area (Å²) in [4.78, 5) is 10.6. The van der Waals surface area contributed by atoms with E-state index in [4.69, 9.17) is 5.11 Å². The highest BCUT2D eigenvalue weighted by Gasteiger charge is 2.44. The molecule has 1 aromatic rings. The van der Waals surface area contributed by atoms with E-state index in [1.165, 1.54) is 12.1 Å². The fourth-order valence-electron chi connectivity index (χ4n) is 1.61. The summed E-state index contributed by atoms with van der Waals surface area (Å²) in [5, 5.41) is 8.74.